The van der Waals surface area contributed by atoms with E-state index in [0.29, 0.717) is 17.1 Å². The van der Waals surface area contributed by atoms with Crippen LogP contribution in [-0.4, -0.2) is 31.1 Å². The van der Waals surface area contributed by atoms with Gasteiger partial charge in [-0.2, -0.15) is 5.26 Å². The number of benzene rings is 1. The molecule has 1 saturated heterocycles. The fraction of sp³-hybridized carbons (Fsp3) is 0.462. The smallest absolute Gasteiger partial charge is 0.0641 e. The Labute approximate surface area is 112 Å². The molecule has 1 heterocycles. The second kappa shape index (κ2) is 6.05. The molecule has 1 aliphatic heterocycles. The summed E-state index contributed by atoms with van der Waals surface area (Å²) < 4.78 is 0. The van der Waals surface area contributed by atoms with Crippen molar-refractivity contribution >= 4 is 17.3 Å². The molecular formula is C13H17ClN4. The van der Waals surface area contributed by atoms with Crippen molar-refractivity contribution in [2.24, 2.45) is 0 Å². The van der Waals surface area contributed by atoms with Gasteiger partial charge in [0.15, 0.2) is 0 Å². The zero-order valence-corrected chi connectivity index (χ0v) is 11.0. The molecular weight excluding hydrogens is 248 g/mol. The average molecular weight is 265 g/mol. The van der Waals surface area contributed by atoms with Crippen LogP contribution >= 0.6 is 11.6 Å². The highest BCUT2D eigenvalue weighted by Gasteiger charge is 2.23. The number of hydrogen-bond acceptors (Lipinski definition) is 4. The van der Waals surface area contributed by atoms with Crippen molar-refractivity contribution in [3.8, 4) is 6.07 Å². The maximum atomic E-state index is 9.02. The minimum atomic E-state index is 0.0378. The van der Waals surface area contributed by atoms with E-state index in [-0.39, 0.29) is 6.04 Å². The Balaban J connectivity index is 2.28. The van der Waals surface area contributed by atoms with E-state index in [1.54, 1.807) is 6.07 Å². The summed E-state index contributed by atoms with van der Waals surface area (Å²) in [7, 11) is 0. The number of nitrogen functional groups attached to an aromatic ring is 1. The van der Waals surface area contributed by atoms with E-state index in [2.05, 4.69) is 16.3 Å². The van der Waals surface area contributed by atoms with E-state index in [4.69, 9.17) is 22.6 Å². The summed E-state index contributed by atoms with van der Waals surface area (Å²) in [6.07, 6.45) is 0.435. The zero-order valence-electron chi connectivity index (χ0n) is 10.2. The van der Waals surface area contributed by atoms with Crippen LogP contribution in [0.5, 0.6) is 0 Å². The highest BCUT2D eigenvalue weighted by atomic mass is 35.5. The number of halogens is 1. The van der Waals surface area contributed by atoms with Crippen molar-refractivity contribution in [2.75, 3.05) is 31.9 Å². The number of piperazine rings is 1. The molecule has 0 unspecified atom stereocenters. The summed E-state index contributed by atoms with van der Waals surface area (Å²) in [5, 5.41) is 13.0. The van der Waals surface area contributed by atoms with E-state index in [9.17, 15) is 0 Å². The van der Waals surface area contributed by atoms with Crippen molar-refractivity contribution in [2.45, 2.75) is 12.5 Å². The number of nitrogens with two attached hydrogens (primary N) is 1. The third kappa shape index (κ3) is 2.94. The molecule has 0 radical (unpaired) electrons. The molecule has 2 rings (SSSR count). The number of rotatable bonds is 3. The highest BCUT2D eigenvalue weighted by molar-refractivity contribution is 6.30. The molecule has 0 aromatic heterocycles. The standard InChI is InChI=1S/C13H17ClN4/c14-10-1-2-12(16)11(9-10)13(3-4-15)18-7-5-17-6-8-18/h1-2,9,13,17H,3,5-8,16H2/t13-/m1/s1. The molecule has 4 nitrogen and oxygen atoms in total. The first-order valence-corrected chi connectivity index (χ1v) is 6.47. The van der Waals surface area contributed by atoms with Gasteiger partial charge in [0.25, 0.3) is 0 Å². The molecule has 1 aromatic carbocycles. The minimum Gasteiger partial charge on any atom is -0.398 e. The third-order valence-corrected chi connectivity index (χ3v) is 3.52. The van der Waals surface area contributed by atoms with Gasteiger partial charge < -0.3 is 11.1 Å². The van der Waals surface area contributed by atoms with Gasteiger partial charge in [-0.3, -0.25) is 4.90 Å². The molecule has 3 N–H and O–H groups in total. The van der Waals surface area contributed by atoms with Crippen molar-refractivity contribution in [3.05, 3.63) is 28.8 Å². The third-order valence-electron chi connectivity index (χ3n) is 3.28. The molecule has 0 bridgehead atoms. The average Bonchev–Trinajstić information content (AvgIpc) is 2.40. The fourth-order valence-electron chi connectivity index (χ4n) is 2.35. The van der Waals surface area contributed by atoms with E-state index in [1.165, 1.54) is 0 Å². The second-order valence-corrected chi connectivity index (χ2v) is 4.87. The lowest BCUT2D eigenvalue weighted by molar-refractivity contribution is 0.176. The van der Waals surface area contributed by atoms with E-state index >= 15 is 0 Å². The first-order chi connectivity index (χ1) is 8.72. The van der Waals surface area contributed by atoms with Gasteiger partial charge >= 0.3 is 0 Å². The normalized spacial score (nSPS) is 18.2. The van der Waals surface area contributed by atoms with Gasteiger partial charge in [-0.05, 0) is 23.8 Å². The number of nitrogens with one attached hydrogen (secondary N) is 1. The molecule has 1 aromatic rings. The topological polar surface area (TPSA) is 65.1 Å². The summed E-state index contributed by atoms with van der Waals surface area (Å²) >= 11 is 6.03. The lowest BCUT2D eigenvalue weighted by atomic mass is 10.00. The monoisotopic (exact) mass is 264 g/mol. The van der Waals surface area contributed by atoms with Gasteiger partial charge in [-0.15, -0.1) is 0 Å². The van der Waals surface area contributed by atoms with Gasteiger partial charge in [0.2, 0.25) is 0 Å². The molecule has 0 amide bonds. The van der Waals surface area contributed by atoms with E-state index in [1.807, 2.05) is 12.1 Å². The van der Waals surface area contributed by atoms with Crippen LogP contribution in [0.3, 0.4) is 0 Å². The van der Waals surface area contributed by atoms with Gasteiger partial charge in [-0.1, -0.05) is 11.6 Å². The second-order valence-electron chi connectivity index (χ2n) is 4.44. The summed E-state index contributed by atoms with van der Waals surface area (Å²) in [6.45, 7) is 3.75. The molecule has 0 aliphatic carbocycles. The van der Waals surface area contributed by atoms with Gasteiger partial charge in [-0.25, -0.2) is 0 Å². The fourth-order valence-corrected chi connectivity index (χ4v) is 2.53. The van der Waals surface area contributed by atoms with Crippen LogP contribution in [-0.2, 0) is 0 Å². The predicted molar refractivity (Wildman–Crippen MR) is 73.3 cm³/mol. The van der Waals surface area contributed by atoms with Gasteiger partial charge in [0.05, 0.1) is 12.5 Å². The van der Waals surface area contributed by atoms with Crippen LogP contribution < -0.4 is 11.1 Å². The Morgan fingerprint density at radius 2 is 2.17 bits per heavy atom. The van der Waals surface area contributed by atoms with Crippen LogP contribution in [0.1, 0.15) is 18.0 Å². The summed E-state index contributed by atoms with van der Waals surface area (Å²) in [4.78, 5) is 2.29. The Morgan fingerprint density at radius 1 is 1.44 bits per heavy atom. The number of hydrogen-bond donors (Lipinski definition) is 2. The summed E-state index contributed by atoms with van der Waals surface area (Å²) in [6, 6.07) is 7.75. The van der Waals surface area contributed by atoms with Crippen molar-refractivity contribution in [3.63, 3.8) is 0 Å². The summed E-state index contributed by atoms with van der Waals surface area (Å²) in [5.74, 6) is 0. The molecule has 0 saturated carbocycles. The Morgan fingerprint density at radius 3 is 2.83 bits per heavy atom. The molecule has 1 fully saturated rings. The van der Waals surface area contributed by atoms with Crippen LogP contribution in [0.15, 0.2) is 18.2 Å². The van der Waals surface area contributed by atoms with Crippen LogP contribution in [0, 0.1) is 11.3 Å². The van der Waals surface area contributed by atoms with E-state index < -0.39 is 0 Å². The molecule has 18 heavy (non-hydrogen) atoms. The predicted octanol–water partition coefficient (Wildman–Crippen LogP) is 1.78. The van der Waals surface area contributed by atoms with Crippen LogP contribution in [0.2, 0.25) is 5.02 Å². The van der Waals surface area contributed by atoms with Crippen LogP contribution in [0.4, 0.5) is 5.69 Å². The quantitative estimate of drug-likeness (QED) is 0.817. The molecule has 1 atom stereocenters. The van der Waals surface area contributed by atoms with Crippen LogP contribution in [0.25, 0.3) is 0 Å². The number of anilines is 1. The summed E-state index contributed by atoms with van der Waals surface area (Å²) in [5.41, 5.74) is 7.69. The Bertz CT molecular complexity index is 449. The lowest BCUT2D eigenvalue weighted by Crippen LogP contribution is -2.45. The SMILES string of the molecule is N#CC[C@H](c1cc(Cl)ccc1N)N1CCNCC1. The minimum absolute atomic E-state index is 0.0378. The molecule has 0 spiro atoms. The highest BCUT2D eigenvalue weighted by Crippen LogP contribution is 2.31. The van der Waals surface area contributed by atoms with Crippen molar-refractivity contribution in [1.82, 2.24) is 10.2 Å². The van der Waals surface area contributed by atoms with E-state index in [0.717, 1.165) is 31.7 Å². The first kappa shape index (κ1) is 13.2. The van der Waals surface area contributed by atoms with Crippen molar-refractivity contribution in [1.29, 1.82) is 5.26 Å². The Hall–Kier alpha value is -1.28. The van der Waals surface area contributed by atoms with Gasteiger partial charge in [0.1, 0.15) is 0 Å². The zero-order chi connectivity index (χ0) is 13.0. The lowest BCUT2D eigenvalue weighted by Gasteiger charge is -2.34. The van der Waals surface area contributed by atoms with Gasteiger partial charge in [0, 0.05) is 42.9 Å². The first-order valence-electron chi connectivity index (χ1n) is 6.09. The number of nitrogens with zero attached hydrogens (tertiary/aromatic N) is 2. The molecule has 1 aliphatic rings. The van der Waals surface area contributed by atoms with Crippen molar-refractivity contribution < 1.29 is 0 Å². The maximum absolute atomic E-state index is 9.02. The number of nitriles is 1. The molecule has 5 heteroatoms. The Kier molecular flexibility index (Phi) is 4.43. The molecule has 96 valence electrons. The largest absolute Gasteiger partial charge is 0.398 e. The maximum Gasteiger partial charge on any atom is 0.0641 e.